The summed E-state index contributed by atoms with van der Waals surface area (Å²) >= 11 is 13.7. The molecule has 5 aromatic rings. The van der Waals surface area contributed by atoms with Gasteiger partial charge in [0.05, 0.1) is 66.4 Å². The van der Waals surface area contributed by atoms with Gasteiger partial charge >= 0.3 is 18.3 Å². The minimum absolute atomic E-state index is 0.00335. The Bertz CT molecular complexity index is 2650. The van der Waals surface area contributed by atoms with Crippen LogP contribution in [0.3, 0.4) is 0 Å². The monoisotopic (exact) mass is 999 g/mol. The van der Waals surface area contributed by atoms with Crippen molar-refractivity contribution < 1.29 is 50.4 Å². The quantitative estimate of drug-likeness (QED) is 0.111. The first kappa shape index (κ1) is 48.6. The van der Waals surface area contributed by atoms with Gasteiger partial charge in [0.15, 0.2) is 5.82 Å². The summed E-state index contributed by atoms with van der Waals surface area (Å²) in [6.07, 6.45) is -4.99. The van der Waals surface area contributed by atoms with Crippen molar-refractivity contribution in [2.45, 2.75) is 88.7 Å². The molecule has 4 atom stereocenters. The van der Waals surface area contributed by atoms with Gasteiger partial charge in [-0.05, 0) is 87.7 Å². The molecule has 2 aromatic heterocycles. The lowest BCUT2D eigenvalue weighted by Crippen LogP contribution is -2.66. The number of benzene rings is 3. The predicted octanol–water partition coefficient (Wildman–Crippen LogP) is 10.2. The molecule has 4 aliphatic heterocycles. The van der Waals surface area contributed by atoms with E-state index in [0.29, 0.717) is 24.5 Å². The molecule has 9 rings (SSSR count). The highest BCUT2D eigenvalue weighted by Crippen LogP contribution is 2.48. The Morgan fingerprint density at radius 1 is 0.884 bits per heavy atom. The summed E-state index contributed by atoms with van der Waals surface area (Å²) in [5.41, 5.74) is -3.23. The predicted molar refractivity (Wildman–Crippen MR) is 251 cm³/mol. The second-order valence-electron chi connectivity index (χ2n) is 19.0. The first-order chi connectivity index (χ1) is 32.8. The van der Waals surface area contributed by atoms with Crippen LogP contribution in [0.15, 0.2) is 60.7 Å². The average Bonchev–Trinajstić information content (AvgIpc) is 3.82. The molecular formula is C49H52Cl2F5N7O6. The maximum atomic E-state index is 17.9. The smallest absolute Gasteiger partial charge is 0.419 e. The van der Waals surface area contributed by atoms with E-state index >= 15 is 17.6 Å². The molecule has 0 radical (unpaired) electrons. The van der Waals surface area contributed by atoms with Crippen LogP contribution in [0.5, 0.6) is 17.5 Å². The molecule has 0 spiro atoms. The lowest BCUT2D eigenvalue weighted by Gasteiger charge is -2.50. The fourth-order valence-corrected chi connectivity index (χ4v) is 10.6. The average molecular weight is 1000 g/mol. The minimum atomic E-state index is -5.13. The topological polar surface area (TPSA) is 115 Å². The molecule has 0 aliphatic carbocycles. The molecule has 0 saturated carbocycles. The van der Waals surface area contributed by atoms with Gasteiger partial charge in [-0.3, -0.25) is 4.90 Å². The number of nitrogens with zero attached hydrogens (tertiary/aromatic N) is 7. The zero-order valence-corrected chi connectivity index (χ0v) is 40.2. The summed E-state index contributed by atoms with van der Waals surface area (Å²) in [4.78, 5) is 34.6. The van der Waals surface area contributed by atoms with E-state index in [1.54, 1.807) is 54.8 Å². The molecule has 3 aromatic carbocycles. The van der Waals surface area contributed by atoms with Crippen molar-refractivity contribution in [1.29, 1.82) is 0 Å². The number of hydrogen-bond acceptors (Lipinski definition) is 12. The van der Waals surface area contributed by atoms with E-state index < -0.39 is 79.9 Å². The Labute approximate surface area is 406 Å². The van der Waals surface area contributed by atoms with Crippen LogP contribution in [-0.2, 0) is 28.7 Å². The maximum Gasteiger partial charge on any atom is 0.419 e. The van der Waals surface area contributed by atoms with Crippen LogP contribution in [-0.4, -0.2) is 120 Å². The van der Waals surface area contributed by atoms with Crippen molar-refractivity contribution in [2.24, 2.45) is 0 Å². The van der Waals surface area contributed by atoms with Crippen LogP contribution in [0.25, 0.3) is 22.2 Å². The molecule has 13 nitrogen and oxygen atoms in total. The number of piperazine rings is 1. The molecule has 69 heavy (non-hydrogen) atoms. The van der Waals surface area contributed by atoms with E-state index in [4.69, 9.17) is 51.9 Å². The van der Waals surface area contributed by atoms with Gasteiger partial charge in [0.1, 0.15) is 52.6 Å². The van der Waals surface area contributed by atoms with Gasteiger partial charge in [0.2, 0.25) is 0 Å². The Kier molecular flexibility index (Phi) is 13.4. The SMILES string of the molecule is COc1ccc(CN(Cc2ccc(OC)cc2)c2cc(Cl)c(C(F)(F)F)c(-c3c(Cl)cc4c(N5C6COCC5CN(C(=O)OC(C)(C)C)C6)nc(OC[C@@]56CCCN5C[C@H](F)C6)nc4c3F)n2)cc1. The number of alkyl halides is 4. The van der Waals surface area contributed by atoms with E-state index in [9.17, 15) is 9.18 Å². The molecule has 20 heteroatoms. The summed E-state index contributed by atoms with van der Waals surface area (Å²) < 4.78 is 108. The molecule has 2 bridgehead atoms. The number of hydrogen-bond donors (Lipinski definition) is 0. The Balaban J connectivity index is 1.18. The zero-order valence-electron chi connectivity index (χ0n) is 38.7. The van der Waals surface area contributed by atoms with Gasteiger partial charge < -0.3 is 38.4 Å². The van der Waals surface area contributed by atoms with Crippen LogP contribution < -0.4 is 24.0 Å². The number of carbonyl (C=O) groups excluding carboxylic acids is 1. The minimum Gasteiger partial charge on any atom is -0.497 e. The highest BCUT2D eigenvalue weighted by molar-refractivity contribution is 6.35. The van der Waals surface area contributed by atoms with E-state index in [2.05, 4.69) is 9.97 Å². The number of aromatic nitrogens is 3. The Morgan fingerprint density at radius 2 is 1.51 bits per heavy atom. The van der Waals surface area contributed by atoms with Gasteiger partial charge in [0.25, 0.3) is 0 Å². The van der Waals surface area contributed by atoms with Gasteiger partial charge in [0, 0.05) is 44.5 Å². The number of amides is 1. The lowest BCUT2D eigenvalue weighted by atomic mass is 9.95. The van der Waals surface area contributed by atoms with Crippen molar-refractivity contribution >= 4 is 51.8 Å². The summed E-state index contributed by atoms with van der Waals surface area (Å²) in [7, 11) is 3.07. The number of carbonyl (C=O) groups is 1. The summed E-state index contributed by atoms with van der Waals surface area (Å²) in [5.74, 6) is 0.143. The number of methoxy groups -OCH3 is 2. The Morgan fingerprint density at radius 3 is 2.09 bits per heavy atom. The van der Waals surface area contributed by atoms with Crippen molar-refractivity contribution in [3.63, 3.8) is 0 Å². The van der Waals surface area contributed by atoms with Crippen LogP contribution in [0, 0.1) is 5.82 Å². The third-order valence-electron chi connectivity index (χ3n) is 13.1. The molecule has 1 amide bonds. The second-order valence-corrected chi connectivity index (χ2v) is 19.8. The summed E-state index contributed by atoms with van der Waals surface area (Å²) in [6.45, 7) is 7.11. The lowest BCUT2D eigenvalue weighted by molar-refractivity contribution is -0.137. The highest BCUT2D eigenvalue weighted by atomic mass is 35.5. The van der Waals surface area contributed by atoms with Crippen molar-refractivity contribution in [3.8, 4) is 28.8 Å². The van der Waals surface area contributed by atoms with Crippen LogP contribution in [0.1, 0.15) is 56.7 Å². The van der Waals surface area contributed by atoms with E-state index in [1.165, 1.54) is 20.3 Å². The second kappa shape index (κ2) is 19.1. The van der Waals surface area contributed by atoms with Gasteiger partial charge in [-0.2, -0.15) is 23.1 Å². The number of pyridine rings is 1. The van der Waals surface area contributed by atoms with E-state index in [-0.39, 0.29) is 82.0 Å². The fourth-order valence-electron chi connectivity index (χ4n) is 10.0. The summed E-state index contributed by atoms with van der Waals surface area (Å²) in [5, 5.41) is -1.09. The van der Waals surface area contributed by atoms with E-state index in [0.717, 1.165) is 23.6 Å². The third-order valence-corrected chi connectivity index (χ3v) is 13.7. The number of morpholine rings is 1. The van der Waals surface area contributed by atoms with Crippen LogP contribution >= 0.6 is 23.2 Å². The summed E-state index contributed by atoms with van der Waals surface area (Å²) in [6, 6.07) is 15.4. The first-order valence-corrected chi connectivity index (χ1v) is 23.4. The molecular weight excluding hydrogens is 948 g/mol. The molecule has 2 unspecified atom stereocenters. The number of fused-ring (bicyclic) bond motifs is 4. The van der Waals surface area contributed by atoms with Crippen molar-refractivity contribution in [1.82, 2.24) is 24.8 Å². The highest BCUT2D eigenvalue weighted by Gasteiger charge is 2.50. The van der Waals surface area contributed by atoms with Gasteiger partial charge in [-0.15, -0.1) is 0 Å². The number of rotatable bonds is 12. The maximum absolute atomic E-state index is 17.9. The zero-order chi connectivity index (χ0) is 49.0. The first-order valence-electron chi connectivity index (χ1n) is 22.7. The molecule has 368 valence electrons. The Hall–Kier alpha value is -5.43. The van der Waals surface area contributed by atoms with Gasteiger partial charge in [-0.1, -0.05) is 47.5 Å². The number of anilines is 2. The molecule has 4 aliphatic rings. The number of ether oxygens (including phenoxy) is 5. The largest absolute Gasteiger partial charge is 0.497 e. The third kappa shape index (κ3) is 9.99. The number of halogens is 7. The fraction of sp³-hybridized carbons (Fsp3) is 0.469. The standard InChI is InChI=1S/C49H52Cl2F5N7O6/c1-47(2,3)69-46(64)61-23-31-25-67-26-32(24-61)63(31)44-35-17-36(50)39(41(53)42(35)58-45(59-44)68-27-48-15-6-16-62(48)22-30(52)19-48)43-40(49(54,55)56)37(51)18-38(57-43)60(20-28-7-11-33(65-4)12-8-28)21-29-9-13-34(66-5)14-10-29/h7-14,17-18,30-32H,6,15-16,19-27H2,1-5H3/t30-,31?,32?,48+/m1/s1. The molecule has 6 heterocycles. The normalized spacial score (nSPS) is 21.7. The van der Waals surface area contributed by atoms with E-state index in [1.807, 2.05) is 34.1 Å². The van der Waals surface area contributed by atoms with Crippen LogP contribution in [0.4, 0.5) is 38.4 Å². The van der Waals surface area contributed by atoms with Crippen molar-refractivity contribution in [3.05, 3.63) is 93.2 Å². The molecule has 0 N–H and O–H groups in total. The molecule has 4 fully saturated rings. The van der Waals surface area contributed by atoms with Crippen LogP contribution in [0.2, 0.25) is 10.0 Å². The van der Waals surface area contributed by atoms with Crippen molar-refractivity contribution in [2.75, 3.05) is 70.0 Å². The van der Waals surface area contributed by atoms with Gasteiger partial charge in [-0.25, -0.2) is 18.6 Å². The molecule has 4 saturated heterocycles.